The van der Waals surface area contributed by atoms with Crippen molar-refractivity contribution in [1.82, 2.24) is 0 Å². The van der Waals surface area contributed by atoms with Crippen LogP contribution in [0, 0.1) is 0 Å². The zero-order chi connectivity index (χ0) is 5.98. The van der Waals surface area contributed by atoms with Gasteiger partial charge in [0.05, 0.1) is 12.6 Å². The molecule has 1 atom stereocenters. The Morgan fingerprint density at radius 3 is 2.75 bits per heavy atom. The summed E-state index contributed by atoms with van der Waals surface area (Å²) in [5.41, 5.74) is 1.34. The molecule has 0 radical (unpaired) electrons. The first-order chi connectivity index (χ1) is 3.84. The lowest BCUT2D eigenvalue weighted by atomic mass is 10.1. The van der Waals surface area contributed by atoms with Crippen molar-refractivity contribution < 1.29 is 0 Å². The average molecular weight is 110 g/mol. The van der Waals surface area contributed by atoms with E-state index in [2.05, 4.69) is 23.2 Å². The first-order valence-corrected chi connectivity index (χ1v) is 2.86. The standard InChI is InChI=1S/C6H10N2/c1-3-6-4-7-8-5(6)2/h3,5H,4H2,1-2H3/b6-3-. The van der Waals surface area contributed by atoms with E-state index in [0.717, 1.165) is 6.54 Å². The summed E-state index contributed by atoms with van der Waals surface area (Å²) in [6.45, 7) is 4.91. The molecule has 1 heterocycles. The van der Waals surface area contributed by atoms with Crippen molar-refractivity contribution in [3.05, 3.63) is 11.6 Å². The molecule has 0 N–H and O–H groups in total. The van der Waals surface area contributed by atoms with Gasteiger partial charge in [-0.1, -0.05) is 6.08 Å². The highest BCUT2D eigenvalue weighted by Crippen LogP contribution is 2.13. The molecule has 1 rings (SSSR count). The van der Waals surface area contributed by atoms with E-state index in [1.54, 1.807) is 0 Å². The second kappa shape index (κ2) is 2.07. The van der Waals surface area contributed by atoms with Crippen molar-refractivity contribution in [2.24, 2.45) is 10.2 Å². The molecular weight excluding hydrogens is 100 g/mol. The summed E-state index contributed by atoms with van der Waals surface area (Å²) < 4.78 is 0. The summed E-state index contributed by atoms with van der Waals surface area (Å²) in [6, 6.07) is 0.347. The summed E-state index contributed by atoms with van der Waals surface area (Å²) in [5.74, 6) is 0. The maximum atomic E-state index is 3.95. The Hall–Kier alpha value is -0.660. The van der Waals surface area contributed by atoms with E-state index in [9.17, 15) is 0 Å². The topological polar surface area (TPSA) is 24.7 Å². The predicted molar refractivity (Wildman–Crippen MR) is 32.9 cm³/mol. The SMILES string of the molecule is C/C=C1/CN=NC1C. The second-order valence-electron chi connectivity index (χ2n) is 1.95. The average Bonchev–Trinajstić information content (AvgIpc) is 2.14. The summed E-state index contributed by atoms with van der Waals surface area (Å²) >= 11 is 0. The van der Waals surface area contributed by atoms with Crippen molar-refractivity contribution in [2.75, 3.05) is 6.54 Å². The van der Waals surface area contributed by atoms with Crippen molar-refractivity contribution in [1.29, 1.82) is 0 Å². The molecule has 44 valence electrons. The monoisotopic (exact) mass is 110 g/mol. The lowest BCUT2D eigenvalue weighted by Gasteiger charge is -1.95. The van der Waals surface area contributed by atoms with Gasteiger partial charge in [-0.15, -0.1) is 0 Å². The van der Waals surface area contributed by atoms with Crippen LogP contribution in [0.3, 0.4) is 0 Å². The molecule has 1 aliphatic heterocycles. The molecule has 0 aromatic rings. The van der Waals surface area contributed by atoms with E-state index in [4.69, 9.17) is 0 Å². The minimum absolute atomic E-state index is 0.347. The largest absolute Gasteiger partial charge is 0.189 e. The Labute approximate surface area is 49.3 Å². The molecule has 0 saturated carbocycles. The van der Waals surface area contributed by atoms with Crippen LogP contribution in [0.2, 0.25) is 0 Å². The van der Waals surface area contributed by atoms with Gasteiger partial charge < -0.3 is 0 Å². The molecule has 2 nitrogen and oxygen atoms in total. The molecule has 0 spiro atoms. The molecule has 0 aromatic carbocycles. The van der Waals surface area contributed by atoms with E-state index in [1.807, 2.05) is 6.92 Å². The summed E-state index contributed by atoms with van der Waals surface area (Å²) in [6.07, 6.45) is 2.09. The summed E-state index contributed by atoms with van der Waals surface area (Å²) in [5, 5.41) is 7.82. The van der Waals surface area contributed by atoms with Crippen molar-refractivity contribution in [3.63, 3.8) is 0 Å². The highest BCUT2D eigenvalue weighted by molar-refractivity contribution is 5.12. The molecule has 1 aliphatic rings. The van der Waals surface area contributed by atoms with Gasteiger partial charge >= 0.3 is 0 Å². The molecule has 0 saturated heterocycles. The number of hydrogen-bond donors (Lipinski definition) is 0. The van der Waals surface area contributed by atoms with Gasteiger partial charge in [-0.05, 0) is 19.4 Å². The highest BCUT2D eigenvalue weighted by atomic mass is 15.2. The number of hydrogen-bond acceptors (Lipinski definition) is 2. The molecule has 8 heavy (non-hydrogen) atoms. The Balaban J connectivity index is 2.64. The normalized spacial score (nSPS) is 32.2. The van der Waals surface area contributed by atoms with E-state index < -0.39 is 0 Å². The second-order valence-corrected chi connectivity index (χ2v) is 1.95. The third kappa shape index (κ3) is 0.782. The fourth-order valence-corrected chi connectivity index (χ4v) is 0.784. The quantitative estimate of drug-likeness (QED) is 0.425. The van der Waals surface area contributed by atoms with Crippen LogP contribution < -0.4 is 0 Å². The first-order valence-electron chi connectivity index (χ1n) is 2.86. The van der Waals surface area contributed by atoms with Gasteiger partial charge in [-0.2, -0.15) is 10.2 Å². The van der Waals surface area contributed by atoms with Gasteiger partial charge in [0.25, 0.3) is 0 Å². The van der Waals surface area contributed by atoms with Gasteiger partial charge in [-0.3, -0.25) is 0 Å². The van der Waals surface area contributed by atoms with Crippen LogP contribution in [0.5, 0.6) is 0 Å². The Morgan fingerprint density at radius 1 is 1.75 bits per heavy atom. The van der Waals surface area contributed by atoms with E-state index in [-0.39, 0.29) is 0 Å². The van der Waals surface area contributed by atoms with Gasteiger partial charge in [0.2, 0.25) is 0 Å². The van der Waals surface area contributed by atoms with Gasteiger partial charge in [0.1, 0.15) is 0 Å². The molecule has 0 bridgehead atoms. The molecular formula is C6H10N2. The number of allylic oxidation sites excluding steroid dienone is 1. The van der Waals surface area contributed by atoms with Crippen molar-refractivity contribution >= 4 is 0 Å². The van der Waals surface area contributed by atoms with Crippen LogP contribution >= 0.6 is 0 Å². The fourth-order valence-electron chi connectivity index (χ4n) is 0.784. The molecule has 0 aliphatic carbocycles. The van der Waals surface area contributed by atoms with Crippen LogP contribution in [-0.4, -0.2) is 12.6 Å². The van der Waals surface area contributed by atoms with Gasteiger partial charge in [0.15, 0.2) is 0 Å². The maximum Gasteiger partial charge on any atom is 0.0908 e. The summed E-state index contributed by atoms with van der Waals surface area (Å²) in [4.78, 5) is 0. The van der Waals surface area contributed by atoms with Crippen LogP contribution in [0.1, 0.15) is 13.8 Å². The zero-order valence-electron chi connectivity index (χ0n) is 5.26. The van der Waals surface area contributed by atoms with Crippen LogP contribution in [0.15, 0.2) is 21.9 Å². The summed E-state index contributed by atoms with van der Waals surface area (Å²) in [7, 11) is 0. The van der Waals surface area contributed by atoms with Gasteiger partial charge in [-0.25, -0.2) is 0 Å². The van der Waals surface area contributed by atoms with Crippen LogP contribution in [-0.2, 0) is 0 Å². The smallest absolute Gasteiger partial charge is 0.0908 e. The predicted octanol–water partition coefficient (Wildman–Crippen LogP) is 1.79. The Morgan fingerprint density at radius 2 is 2.50 bits per heavy atom. The van der Waals surface area contributed by atoms with Crippen molar-refractivity contribution in [2.45, 2.75) is 19.9 Å². The molecule has 0 amide bonds. The maximum absolute atomic E-state index is 3.95. The molecule has 1 unspecified atom stereocenters. The van der Waals surface area contributed by atoms with E-state index >= 15 is 0 Å². The van der Waals surface area contributed by atoms with E-state index in [1.165, 1.54) is 5.57 Å². The fraction of sp³-hybridized carbons (Fsp3) is 0.667. The lowest BCUT2D eigenvalue weighted by molar-refractivity contribution is 0.879. The van der Waals surface area contributed by atoms with Crippen molar-refractivity contribution in [3.8, 4) is 0 Å². The highest BCUT2D eigenvalue weighted by Gasteiger charge is 2.10. The van der Waals surface area contributed by atoms with Crippen LogP contribution in [0.25, 0.3) is 0 Å². The zero-order valence-corrected chi connectivity index (χ0v) is 5.26. The van der Waals surface area contributed by atoms with E-state index in [0.29, 0.717) is 6.04 Å². The lowest BCUT2D eigenvalue weighted by Crippen LogP contribution is -1.96. The Kier molecular flexibility index (Phi) is 1.42. The first kappa shape index (κ1) is 5.48. The minimum atomic E-state index is 0.347. The van der Waals surface area contributed by atoms with Crippen LogP contribution in [0.4, 0.5) is 0 Å². The third-order valence-corrected chi connectivity index (χ3v) is 1.42. The molecule has 0 aromatic heterocycles. The third-order valence-electron chi connectivity index (χ3n) is 1.42. The number of nitrogens with zero attached hydrogens (tertiary/aromatic N) is 2. The number of rotatable bonds is 0. The Bertz CT molecular complexity index is 135. The molecule has 2 heteroatoms. The molecule has 0 fully saturated rings. The van der Waals surface area contributed by atoms with Gasteiger partial charge in [0, 0.05) is 0 Å². The minimum Gasteiger partial charge on any atom is -0.189 e. The number of azo groups is 1.